The minimum Gasteiger partial charge on any atom is -0.454 e. The highest BCUT2D eigenvalue weighted by molar-refractivity contribution is 7.92. The van der Waals surface area contributed by atoms with Crippen molar-refractivity contribution in [2.75, 3.05) is 4.72 Å². The van der Waals surface area contributed by atoms with Crippen LogP contribution in [0.5, 0.6) is 11.5 Å². The highest BCUT2D eigenvalue weighted by Crippen LogP contribution is 2.37. The number of anilines is 1. The van der Waals surface area contributed by atoms with Gasteiger partial charge in [-0.25, -0.2) is 8.42 Å². The first kappa shape index (κ1) is 23.8. The molecule has 0 saturated heterocycles. The third-order valence-corrected chi connectivity index (χ3v) is 6.54. The van der Waals surface area contributed by atoms with E-state index in [4.69, 9.17) is 51.1 Å². The highest BCUT2D eigenvalue weighted by Gasteiger charge is 2.32. The average Bonchev–Trinajstić information content (AvgIpc) is 2.64. The number of halogens is 7. The molecule has 0 aromatic heterocycles. The summed E-state index contributed by atoms with van der Waals surface area (Å²) in [7, 11) is -4.29. The van der Waals surface area contributed by atoms with Gasteiger partial charge in [-0.05, 0) is 54.6 Å². The van der Waals surface area contributed by atoms with E-state index in [1.807, 2.05) is 0 Å². The zero-order chi connectivity index (χ0) is 23.0. The second-order valence-corrected chi connectivity index (χ2v) is 9.38. The molecule has 3 aromatic rings. The molecular formula is C19H10Cl4F3NO3S. The van der Waals surface area contributed by atoms with Gasteiger partial charge in [0.1, 0.15) is 16.4 Å². The molecule has 0 heterocycles. The van der Waals surface area contributed by atoms with E-state index in [0.717, 1.165) is 6.07 Å². The number of hydrogen-bond acceptors (Lipinski definition) is 3. The van der Waals surface area contributed by atoms with Crippen molar-refractivity contribution in [2.24, 2.45) is 0 Å². The zero-order valence-electron chi connectivity index (χ0n) is 15.0. The smallest absolute Gasteiger partial charge is 0.416 e. The van der Waals surface area contributed by atoms with Crippen LogP contribution in [0.25, 0.3) is 0 Å². The molecule has 0 fully saturated rings. The summed E-state index contributed by atoms with van der Waals surface area (Å²) in [5, 5.41) is 0.121. The van der Waals surface area contributed by atoms with Crippen LogP contribution in [0.1, 0.15) is 5.56 Å². The van der Waals surface area contributed by atoms with Crippen LogP contribution in [0.3, 0.4) is 0 Å². The molecule has 3 rings (SSSR count). The van der Waals surface area contributed by atoms with Gasteiger partial charge in [0, 0.05) is 5.02 Å². The molecule has 0 unspecified atom stereocenters. The Balaban J connectivity index is 1.83. The van der Waals surface area contributed by atoms with Crippen molar-refractivity contribution in [1.29, 1.82) is 0 Å². The maximum Gasteiger partial charge on any atom is 0.416 e. The summed E-state index contributed by atoms with van der Waals surface area (Å²) in [6, 6.07) is 10.5. The first-order valence-electron chi connectivity index (χ1n) is 8.19. The average molecular weight is 531 g/mol. The van der Waals surface area contributed by atoms with Crippen LogP contribution in [-0.2, 0) is 16.2 Å². The molecule has 4 nitrogen and oxygen atoms in total. The minimum absolute atomic E-state index is 0.0375. The molecule has 0 aliphatic heterocycles. The molecule has 12 heteroatoms. The lowest BCUT2D eigenvalue weighted by Gasteiger charge is -2.14. The summed E-state index contributed by atoms with van der Waals surface area (Å²) in [4.78, 5) is -0.522. The third kappa shape index (κ3) is 5.70. The van der Waals surface area contributed by atoms with Gasteiger partial charge in [0.25, 0.3) is 10.0 Å². The van der Waals surface area contributed by atoms with Gasteiger partial charge in [-0.1, -0.05) is 46.4 Å². The molecule has 164 valence electrons. The molecule has 1 N–H and O–H groups in total. The molecule has 3 aromatic carbocycles. The van der Waals surface area contributed by atoms with Crippen LogP contribution < -0.4 is 9.46 Å². The van der Waals surface area contributed by atoms with Crippen molar-refractivity contribution >= 4 is 62.1 Å². The Morgan fingerprint density at radius 1 is 0.774 bits per heavy atom. The lowest BCUT2D eigenvalue weighted by atomic mass is 10.2. The monoisotopic (exact) mass is 529 g/mol. The van der Waals surface area contributed by atoms with Gasteiger partial charge in [-0.3, -0.25) is 4.72 Å². The summed E-state index contributed by atoms with van der Waals surface area (Å²) in [5.41, 5.74) is -1.03. The number of alkyl halides is 3. The Labute approximate surface area is 195 Å². The molecule has 0 bridgehead atoms. The van der Waals surface area contributed by atoms with Crippen molar-refractivity contribution in [3.8, 4) is 11.5 Å². The van der Waals surface area contributed by atoms with Crippen molar-refractivity contribution in [2.45, 2.75) is 11.1 Å². The van der Waals surface area contributed by atoms with Gasteiger partial charge < -0.3 is 4.74 Å². The van der Waals surface area contributed by atoms with E-state index in [-0.39, 0.29) is 27.2 Å². The Morgan fingerprint density at radius 3 is 1.94 bits per heavy atom. The molecule has 0 radical (unpaired) electrons. The van der Waals surface area contributed by atoms with E-state index in [1.54, 1.807) is 6.07 Å². The predicted molar refractivity (Wildman–Crippen MR) is 115 cm³/mol. The molecule has 0 aliphatic rings. The summed E-state index contributed by atoms with van der Waals surface area (Å²) in [6.45, 7) is 0. The van der Waals surface area contributed by atoms with Gasteiger partial charge in [-0.2, -0.15) is 13.2 Å². The van der Waals surface area contributed by atoms with Gasteiger partial charge in [0.05, 0.1) is 26.3 Å². The van der Waals surface area contributed by atoms with Crippen molar-refractivity contribution < 1.29 is 26.3 Å². The molecule has 0 spiro atoms. The summed E-state index contributed by atoms with van der Waals surface area (Å²) in [5.74, 6) is 0.458. The van der Waals surface area contributed by atoms with Crippen molar-refractivity contribution in [3.63, 3.8) is 0 Å². The van der Waals surface area contributed by atoms with Gasteiger partial charge in [0.2, 0.25) is 0 Å². The molecule has 31 heavy (non-hydrogen) atoms. The number of nitrogens with one attached hydrogen (secondary N) is 1. The first-order valence-corrected chi connectivity index (χ1v) is 11.2. The minimum atomic E-state index is -4.66. The Kier molecular flexibility index (Phi) is 6.88. The number of sulfonamides is 1. The SMILES string of the molecule is O=S(=O)(Nc1ccc(Oc2ccc(Cl)cc2Cl)c(Cl)c1)c1ccc(C(F)(F)F)cc1Cl. The quantitative estimate of drug-likeness (QED) is 0.364. The predicted octanol–water partition coefficient (Wildman–Crippen LogP) is 7.91. The maximum absolute atomic E-state index is 12.8. The van der Waals surface area contributed by atoms with Gasteiger partial charge in [-0.15, -0.1) is 0 Å². The van der Waals surface area contributed by atoms with Crippen LogP contribution in [-0.4, -0.2) is 8.42 Å². The van der Waals surface area contributed by atoms with E-state index < -0.39 is 31.7 Å². The largest absolute Gasteiger partial charge is 0.454 e. The molecular weight excluding hydrogens is 521 g/mol. The van der Waals surface area contributed by atoms with Crippen LogP contribution in [0.4, 0.5) is 18.9 Å². The molecule has 0 atom stereocenters. The number of hydrogen-bond donors (Lipinski definition) is 1. The summed E-state index contributed by atoms with van der Waals surface area (Å²) < 4.78 is 71.2. The second kappa shape index (κ2) is 8.96. The molecule has 0 amide bonds. The number of benzene rings is 3. The lowest BCUT2D eigenvalue weighted by Crippen LogP contribution is -2.14. The van der Waals surface area contributed by atoms with Crippen LogP contribution in [0.15, 0.2) is 59.5 Å². The maximum atomic E-state index is 12.8. The zero-order valence-corrected chi connectivity index (χ0v) is 18.8. The first-order chi connectivity index (χ1) is 14.4. The normalized spacial score (nSPS) is 12.0. The summed E-state index contributed by atoms with van der Waals surface area (Å²) >= 11 is 23.8. The van der Waals surface area contributed by atoms with E-state index >= 15 is 0 Å². The van der Waals surface area contributed by atoms with E-state index in [2.05, 4.69) is 4.72 Å². The van der Waals surface area contributed by atoms with Gasteiger partial charge in [0.15, 0.2) is 0 Å². The van der Waals surface area contributed by atoms with Crippen LogP contribution >= 0.6 is 46.4 Å². The number of rotatable bonds is 5. The third-order valence-electron chi connectivity index (χ3n) is 3.85. The van der Waals surface area contributed by atoms with E-state index in [1.165, 1.54) is 30.3 Å². The molecule has 0 aliphatic carbocycles. The summed E-state index contributed by atoms with van der Waals surface area (Å²) in [6.07, 6.45) is -4.66. The van der Waals surface area contributed by atoms with Crippen LogP contribution in [0, 0.1) is 0 Å². The van der Waals surface area contributed by atoms with E-state index in [0.29, 0.717) is 17.2 Å². The lowest BCUT2D eigenvalue weighted by molar-refractivity contribution is -0.137. The Hall–Kier alpha value is -1.84. The van der Waals surface area contributed by atoms with Crippen molar-refractivity contribution in [3.05, 3.63) is 80.3 Å². The second-order valence-electron chi connectivity index (χ2n) is 6.07. The fourth-order valence-corrected chi connectivity index (χ4v) is 4.69. The Bertz CT molecular complexity index is 1250. The fraction of sp³-hybridized carbons (Fsp3) is 0.0526. The topological polar surface area (TPSA) is 55.4 Å². The van der Waals surface area contributed by atoms with Crippen LogP contribution in [0.2, 0.25) is 20.1 Å². The van der Waals surface area contributed by atoms with Crippen molar-refractivity contribution in [1.82, 2.24) is 0 Å². The number of ether oxygens (including phenoxy) is 1. The standard InChI is InChI=1S/C19H10Cl4F3NO3S/c20-11-2-4-16(13(21)8-11)30-17-5-3-12(9-14(17)22)27-31(28,29)18-6-1-10(7-15(18)23)19(24,25)26/h1-9,27H. The fourth-order valence-electron chi connectivity index (χ4n) is 2.43. The van der Waals surface area contributed by atoms with E-state index in [9.17, 15) is 21.6 Å². The Morgan fingerprint density at radius 2 is 1.39 bits per heavy atom. The molecule has 0 saturated carbocycles. The van der Waals surface area contributed by atoms with Gasteiger partial charge >= 0.3 is 6.18 Å². The highest BCUT2D eigenvalue weighted by atomic mass is 35.5.